The molecule has 5 nitrogen and oxygen atoms in total. The smallest absolute Gasteiger partial charge is 0.308 e. The van der Waals surface area contributed by atoms with E-state index in [4.69, 9.17) is 4.74 Å². The summed E-state index contributed by atoms with van der Waals surface area (Å²) in [5.74, 6) is -1.37. The molecular formula is C18H21NO4S. The molecular weight excluding hydrogens is 326 g/mol. The van der Waals surface area contributed by atoms with Crippen molar-refractivity contribution in [3.05, 3.63) is 35.2 Å². The van der Waals surface area contributed by atoms with Gasteiger partial charge in [-0.05, 0) is 35.2 Å². The van der Waals surface area contributed by atoms with Crippen LogP contribution in [0.3, 0.4) is 0 Å². The molecule has 1 aromatic carbocycles. The number of likely N-dealkylation sites (tertiary alicyclic amines) is 1. The molecule has 1 aliphatic rings. The van der Waals surface area contributed by atoms with Gasteiger partial charge >= 0.3 is 5.97 Å². The number of carboxylic acid groups (broad SMARTS) is 1. The Balaban J connectivity index is 2.01. The van der Waals surface area contributed by atoms with Crippen LogP contribution in [-0.4, -0.2) is 42.1 Å². The molecule has 1 aliphatic heterocycles. The summed E-state index contributed by atoms with van der Waals surface area (Å²) in [6.45, 7) is 1.07. The zero-order valence-corrected chi connectivity index (χ0v) is 14.4. The first-order chi connectivity index (χ1) is 11.6. The highest BCUT2D eigenvalue weighted by atomic mass is 32.1. The molecule has 2 atom stereocenters. The molecule has 1 saturated heterocycles. The molecule has 128 valence electrons. The van der Waals surface area contributed by atoms with E-state index in [2.05, 4.69) is 0 Å². The molecule has 1 amide bonds. The lowest BCUT2D eigenvalue weighted by Gasteiger charge is -2.39. The van der Waals surface area contributed by atoms with Gasteiger partial charge in [-0.3, -0.25) is 9.59 Å². The van der Waals surface area contributed by atoms with Crippen LogP contribution >= 0.6 is 11.3 Å². The summed E-state index contributed by atoms with van der Waals surface area (Å²) in [6.07, 6.45) is 1.39. The molecule has 0 spiro atoms. The summed E-state index contributed by atoms with van der Waals surface area (Å²) < 4.78 is 6.20. The number of carboxylic acids is 1. The maximum Gasteiger partial charge on any atom is 0.308 e. The Labute approximate surface area is 144 Å². The summed E-state index contributed by atoms with van der Waals surface area (Å²) >= 11 is 1.60. The molecule has 6 heteroatoms. The first kappa shape index (κ1) is 16.9. The number of hydrogen-bond donors (Lipinski definition) is 1. The van der Waals surface area contributed by atoms with Gasteiger partial charge in [0.1, 0.15) is 0 Å². The predicted molar refractivity (Wildman–Crippen MR) is 93.1 cm³/mol. The lowest BCUT2D eigenvalue weighted by Crippen LogP contribution is -2.45. The van der Waals surface area contributed by atoms with Crippen LogP contribution in [0.25, 0.3) is 10.1 Å². The fraction of sp³-hybridized carbons (Fsp3) is 0.444. The minimum atomic E-state index is -0.834. The van der Waals surface area contributed by atoms with Crippen molar-refractivity contribution < 1.29 is 19.4 Å². The van der Waals surface area contributed by atoms with Gasteiger partial charge in [0.15, 0.2) is 0 Å². The van der Waals surface area contributed by atoms with E-state index in [1.807, 2.05) is 29.6 Å². The number of benzene rings is 1. The van der Waals surface area contributed by atoms with Crippen LogP contribution in [0.2, 0.25) is 0 Å². The van der Waals surface area contributed by atoms with Crippen LogP contribution < -0.4 is 0 Å². The topological polar surface area (TPSA) is 66.8 Å². The van der Waals surface area contributed by atoms with E-state index < -0.39 is 17.9 Å². The van der Waals surface area contributed by atoms with Crippen LogP contribution in [0.5, 0.6) is 0 Å². The highest BCUT2D eigenvalue weighted by Crippen LogP contribution is 2.42. The molecule has 0 aliphatic carbocycles. The maximum atomic E-state index is 12.5. The van der Waals surface area contributed by atoms with Crippen LogP contribution in [0.4, 0.5) is 0 Å². The monoisotopic (exact) mass is 347 g/mol. The van der Waals surface area contributed by atoms with Crippen LogP contribution in [0, 0.1) is 5.92 Å². The Morgan fingerprint density at radius 1 is 1.42 bits per heavy atom. The second-order valence-electron chi connectivity index (χ2n) is 6.05. The van der Waals surface area contributed by atoms with E-state index in [9.17, 15) is 14.7 Å². The molecule has 0 radical (unpaired) electrons. The fourth-order valence-electron chi connectivity index (χ4n) is 3.47. The number of amides is 1. The molecule has 1 aromatic heterocycles. The number of thiophene rings is 1. The highest BCUT2D eigenvalue weighted by Gasteiger charge is 2.41. The zero-order chi connectivity index (χ0) is 17.1. The highest BCUT2D eigenvalue weighted by molar-refractivity contribution is 7.17. The van der Waals surface area contributed by atoms with Gasteiger partial charge in [-0.15, -0.1) is 11.3 Å². The summed E-state index contributed by atoms with van der Waals surface area (Å²) in [7, 11) is 1.63. The van der Waals surface area contributed by atoms with Crippen molar-refractivity contribution in [2.45, 2.75) is 25.3 Å². The number of hydrogen-bond acceptors (Lipinski definition) is 4. The molecule has 0 bridgehead atoms. The van der Waals surface area contributed by atoms with Crippen molar-refractivity contribution in [2.75, 3.05) is 20.3 Å². The van der Waals surface area contributed by atoms with Gasteiger partial charge in [0.05, 0.1) is 12.0 Å². The van der Waals surface area contributed by atoms with Crippen molar-refractivity contribution >= 4 is 33.3 Å². The van der Waals surface area contributed by atoms with E-state index in [-0.39, 0.29) is 5.91 Å². The van der Waals surface area contributed by atoms with Crippen LogP contribution in [0.15, 0.2) is 29.6 Å². The molecule has 3 rings (SSSR count). The summed E-state index contributed by atoms with van der Waals surface area (Å²) in [5.41, 5.74) is 0.952. The number of rotatable bonds is 6. The molecule has 0 saturated carbocycles. The van der Waals surface area contributed by atoms with E-state index in [1.165, 1.54) is 0 Å². The van der Waals surface area contributed by atoms with Crippen molar-refractivity contribution in [2.24, 2.45) is 5.92 Å². The number of carbonyl (C=O) groups is 2. The summed E-state index contributed by atoms with van der Waals surface area (Å²) in [4.78, 5) is 26.1. The Morgan fingerprint density at radius 3 is 2.96 bits per heavy atom. The predicted octanol–water partition coefficient (Wildman–Crippen LogP) is 3.30. The maximum absolute atomic E-state index is 12.5. The fourth-order valence-corrected chi connectivity index (χ4v) is 4.46. The van der Waals surface area contributed by atoms with E-state index in [0.29, 0.717) is 32.4 Å². The van der Waals surface area contributed by atoms with Gasteiger partial charge in [-0.2, -0.15) is 0 Å². The first-order valence-corrected chi connectivity index (χ1v) is 8.98. The average Bonchev–Trinajstić information content (AvgIpc) is 2.99. The van der Waals surface area contributed by atoms with E-state index in [1.54, 1.807) is 23.3 Å². The Kier molecular flexibility index (Phi) is 5.16. The van der Waals surface area contributed by atoms with Crippen molar-refractivity contribution in [1.29, 1.82) is 0 Å². The van der Waals surface area contributed by atoms with E-state index in [0.717, 1.165) is 15.6 Å². The number of nitrogens with zero attached hydrogens (tertiary/aromatic N) is 1. The second kappa shape index (κ2) is 7.32. The van der Waals surface area contributed by atoms with E-state index >= 15 is 0 Å². The van der Waals surface area contributed by atoms with Crippen molar-refractivity contribution in [3.8, 4) is 0 Å². The molecule has 24 heavy (non-hydrogen) atoms. The van der Waals surface area contributed by atoms with Crippen LogP contribution in [-0.2, 0) is 14.3 Å². The minimum absolute atomic E-state index is 0.0314. The SMILES string of the molecule is COCCCN1C(=O)CC[C@@H](C(=O)O)[C@@H]1c1csc2ccccc12. The zero-order valence-electron chi connectivity index (χ0n) is 13.6. The lowest BCUT2D eigenvalue weighted by molar-refractivity contribution is -0.152. The quantitative estimate of drug-likeness (QED) is 0.814. The van der Waals surface area contributed by atoms with Gasteiger partial charge in [0, 0.05) is 31.4 Å². The third-order valence-corrected chi connectivity index (χ3v) is 5.58. The Bertz CT molecular complexity index is 741. The number of fused-ring (bicyclic) bond motifs is 1. The summed E-state index contributed by atoms with van der Waals surface area (Å²) in [6, 6.07) is 7.55. The minimum Gasteiger partial charge on any atom is -0.481 e. The third kappa shape index (κ3) is 3.16. The largest absolute Gasteiger partial charge is 0.481 e. The Morgan fingerprint density at radius 2 is 2.21 bits per heavy atom. The van der Waals surface area contributed by atoms with Gasteiger partial charge in [-0.1, -0.05) is 18.2 Å². The number of methoxy groups -OCH3 is 1. The third-order valence-electron chi connectivity index (χ3n) is 4.60. The van der Waals surface area contributed by atoms with Crippen molar-refractivity contribution in [1.82, 2.24) is 4.90 Å². The summed E-state index contributed by atoms with van der Waals surface area (Å²) in [5, 5.41) is 12.7. The van der Waals surface area contributed by atoms with Crippen LogP contribution in [0.1, 0.15) is 30.9 Å². The molecule has 0 unspecified atom stereocenters. The lowest BCUT2D eigenvalue weighted by atomic mass is 9.84. The van der Waals surface area contributed by atoms with Gasteiger partial charge < -0.3 is 14.7 Å². The number of aliphatic carboxylic acids is 1. The van der Waals surface area contributed by atoms with Gasteiger partial charge in [-0.25, -0.2) is 0 Å². The average molecular weight is 347 g/mol. The molecule has 2 heterocycles. The standard InChI is InChI=1S/C18H21NO4S/c1-23-10-4-9-19-16(20)8-7-13(18(21)22)17(19)14-11-24-15-6-3-2-5-12(14)15/h2-3,5-6,11,13,17H,4,7-10H2,1H3,(H,21,22)/t13-,17-/m1/s1. The second-order valence-corrected chi connectivity index (χ2v) is 6.96. The molecule has 2 aromatic rings. The molecule has 1 N–H and O–H groups in total. The van der Waals surface area contributed by atoms with Crippen molar-refractivity contribution in [3.63, 3.8) is 0 Å². The number of ether oxygens (including phenoxy) is 1. The Hall–Kier alpha value is -1.92. The molecule has 1 fully saturated rings. The van der Waals surface area contributed by atoms with Gasteiger partial charge in [0.2, 0.25) is 5.91 Å². The van der Waals surface area contributed by atoms with Gasteiger partial charge in [0.25, 0.3) is 0 Å². The number of piperidine rings is 1. The first-order valence-electron chi connectivity index (χ1n) is 8.11. The number of carbonyl (C=O) groups excluding carboxylic acids is 1. The normalized spacial score (nSPS) is 21.4.